The lowest BCUT2D eigenvalue weighted by molar-refractivity contribution is -0.113. The lowest BCUT2D eigenvalue weighted by Crippen LogP contribution is -2.26. The zero-order valence-corrected chi connectivity index (χ0v) is 13.9. The van der Waals surface area contributed by atoms with Crippen LogP contribution in [-0.4, -0.2) is 23.7 Å². The van der Waals surface area contributed by atoms with E-state index in [4.69, 9.17) is 0 Å². The second kappa shape index (κ2) is 6.52. The van der Waals surface area contributed by atoms with Crippen LogP contribution in [0.5, 0.6) is 0 Å². The summed E-state index contributed by atoms with van der Waals surface area (Å²) in [6.07, 6.45) is 7.82. The number of nitrogens with one attached hydrogen (secondary N) is 1. The minimum atomic E-state index is -0.0787. The Bertz CT molecular complexity index is 661. The number of carbonyl (C=O) groups is 1. The van der Waals surface area contributed by atoms with Gasteiger partial charge >= 0.3 is 0 Å². The van der Waals surface area contributed by atoms with Crippen molar-refractivity contribution in [2.24, 2.45) is 4.99 Å². The molecule has 1 aromatic rings. The van der Waals surface area contributed by atoms with E-state index in [1.54, 1.807) is 0 Å². The van der Waals surface area contributed by atoms with Crippen LogP contribution in [-0.2, 0) is 11.2 Å². The average molecular weight is 312 g/mol. The molecule has 122 valence electrons. The number of pyridine rings is 1. The Morgan fingerprint density at radius 2 is 2.22 bits per heavy atom. The molecule has 5 nitrogen and oxygen atoms in total. The molecular formula is C18H24N4O. The van der Waals surface area contributed by atoms with Crippen LogP contribution in [0.15, 0.2) is 28.6 Å². The molecule has 23 heavy (non-hydrogen) atoms. The summed E-state index contributed by atoms with van der Waals surface area (Å²) in [7, 11) is 0. The smallest absolute Gasteiger partial charge is 0.255 e. The second-order valence-electron chi connectivity index (χ2n) is 6.14. The summed E-state index contributed by atoms with van der Waals surface area (Å²) in [5.41, 5.74) is 2.69. The third-order valence-corrected chi connectivity index (χ3v) is 4.47. The van der Waals surface area contributed by atoms with Crippen molar-refractivity contribution >= 4 is 24.1 Å². The van der Waals surface area contributed by atoms with Crippen molar-refractivity contribution in [2.75, 3.05) is 10.2 Å². The van der Waals surface area contributed by atoms with Gasteiger partial charge in [0.05, 0.1) is 11.3 Å². The minimum Gasteiger partial charge on any atom is -0.319 e. The molecule has 0 radical (unpaired) electrons. The van der Waals surface area contributed by atoms with Crippen LogP contribution in [0, 0.1) is 0 Å². The van der Waals surface area contributed by atoms with Gasteiger partial charge in [0.25, 0.3) is 5.91 Å². The van der Waals surface area contributed by atoms with Crippen molar-refractivity contribution in [3.8, 4) is 0 Å². The molecular weight excluding hydrogens is 288 g/mol. The van der Waals surface area contributed by atoms with E-state index in [-0.39, 0.29) is 5.91 Å². The van der Waals surface area contributed by atoms with Crippen LogP contribution < -0.4 is 10.2 Å². The molecule has 0 aromatic carbocycles. The summed E-state index contributed by atoms with van der Waals surface area (Å²) in [6.45, 7) is 7.86. The van der Waals surface area contributed by atoms with Crippen molar-refractivity contribution in [3.05, 3.63) is 29.2 Å². The predicted octanol–water partition coefficient (Wildman–Crippen LogP) is 3.67. The summed E-state index contributed by atoms with van der Waals surface area (Å²) in [4.78, 5) is 23.6. The number of unbranched alkanes of at least 4 members (excludes halogenated alkanes) is 1. The molecule has 1 fully saturated rings. The van der Waals surface area contributed by atoms with E-state index in [1.807, 2.05) is 19.2 Å². The van der Waals surface area contributed by atoms with Gasteiger partial charge in [-0.15, -0.1) is 0 Å². The number of aryl methyl sites for hydroxylation is 1. The molecule has 0 saturated heterocycles. The third kappa shape index (κ3) is 2.87. The maximum Gasteiger partial charge on any atom is 0.255 e. The summed E-state index contributed by atoms with van der Waals surface area (Å²) in [5.74, 6) is 1.41. The van der Waals surface area contributed by atoms with Crippen molar-refractivity contribution in [2.45, 2.75) is 58.4 Å². The average Bonchev–Trinajstić information content (AvgIpc) is 3.38. The Labute approximate surface area is 137 Å². The number of hydrogen-bond acceptors (Lipinski definition) is 4. The highest BCUT2D eigenvalue weighted by atomic mass is 16.1. The highest BCUT2D eigenvalue weighted by Crippen LogP contribution is 2.42. The number of anilines is 2. The van der Waals surface area contributed by atoms with Crippen LogP contribution in [0.4, 0.5) is 11.5 Å². The van der Waals surface area contributed by atoms with Crippen molar-refractivity contribution in [1.82, 2.24) is 4.98 Å². The van der Waals surface area contributed by atoms with Gasteiger partial charge in [0.2, 0.25) is 0 Å². The maximum atomic E-state index is 12.7. The lowest BCUT2D eigenvalue weighted by atomic mass is 10.1. The number of rotatable bonds is 6. The van der Waals surface area contributed by atoms with Gasteiger partial charge in [-0.2, -0.15) is 0 Å². The molecule has 1 aliphatic carbocycles. The highest BCUT2D eigenvalue weighted by molar-refractivity contribution is 6.08. The molecule has 0 unspecified atom stereocenters. The zero-order valence-electron chi connectivity index (χ0n) is 13.9. The van der Waals surface area contributed by atoms with Crippen LogP contribution in [0.3, 0.4) is 0 Å². The molecule has 0 bridgehead atoms. The van der Waals surface area contributed by atoms with Gasteiger partial charge < -0.3 is 10.2 Å². The van der Waals surface area contributed by atoms with E-state index < -0.39 is 0 Å². The summed E-state index contributed by atoms with van der Waals surface area (Å²) in [6, 6.07) is 2.38. The first-order valence-electron chi connectivity index (χ1n) is 8.49. The van der Waals surface area contributed by atoms with Crippen LogP contribution >= 0.6 is 0 Å². The van der Waals surface area contributed by atoms with Gasteiger partial charge in [-0.1, -0.05) is 20.3 Å². The quantitative estimate of drug-likeness (QED) is 0.815. The Hall–Kier alpha value is -2.17. The third-order valence-electron chi connectivity index (χ3n) is 4.47. The van der Waals surface area contributed by atoms with Crippen molar-refractivity contribution in [1.29, 1.82) is 0 Å². The number of hydrogen-bond donors (Lipinski definition) is 1. The van der Waals surface area contributed by atoms with Gasteiger partial charge in [0.15, 0.2) is 5.82 Å². The number of fused-ring (bicyclic) bond motifs is 1. The number of amides is 1. The van der Waals surface area contributed by atoms with E-state index in [0.29, 0.717) is 23.9 Å². The van der Waals surface area contributed by atoms with Crippen LogP contribution in [0.2, 0.25) is 0 Å². The SMILES string of the molecule is C=NC1=C(CC)C(=O)Nc2c(CCCC)ccnc2N1C1CC1. The number of carbonyl (C=O) groups excluding carboxylic acids is 1. The van der Waals surface area contributed by atoms with Gasteiger partial charge in [-0.25, -0.2) is 9.98 Å². The number of nitrogens with zero attached hydrogens (tertiary/aromatic N) is 3. The van der Waals surface area contributed by atoms with Crippen molar-refractivity contribution in [3.63, 3.8) is 0 Å². The maximum absolute atomic E-state index is 12.7. The molecule has 3 rings (SSSR count). The largest absolute Gasteiger partial charge is 0.319 e. The first-order valence-corrected chi connectivity index (χ1v) is 8.49. The molecule has 0 spiro atoms. The molecule has 2 aliphatic rings. The number of aliphatic imine (C=N–C) groups is 1. The van der Waals surface area contributed by atoms with E-state index in [2.05, 4.69) is 33.8 Å². The molecule has 1 saturated carbocycles. The molecule has 1 amide bonds. The predicted molar refractivity (Wildman–Crippen MR) is 93.8 cm³/mol. The Morgan fingerprint density at radius 1 is 1.43 bits per heavy atom. The van der Waals surface area contributed by atoms with Crippen LogP contribution in [0.1, 0.15) is 51.5 Å². The van der Waals surface area contributed by atoms with Gasteiger partial charge in [0, 0.05) is 12.2 Å². The fourth-order valence-corrected chi connectivity index (χ4v) is 3.09. The van der Waals surface area contributed by atoms with E-state index in [9.17, 15) is 4.79 Å². The first kappa shape index (κ1) is 15.7. The molecule has 0 atom stereocenters. The normalized spacial score (nSPS) is 17.7. The van der Waals surface area contributed by atoms with E-state index in [1.165, 1.54) is 0 Å². The van der Waals surface area contributed by atoms with Gasteiger partial charge in [0.1, 0.15) is 5.82 Å². The highest BCUT2D eigenvalue weighted by Gasteiger charge is 2.38. The number of aromatic nitrogens is 1. The first-order chi connectivity index (χ1) is 11.2. The van der Waals surface area contributed by atoms with E-state index in [0.717, 1.165) is 49.2 Å². The minimum absolute atomic E-state index is 0.0787. The van der Waals surface area contributed by atoms with E-state index >= 15 is 0 Å². The fourth-order valence-electron chi connectivity index (χ4n) is 3.09. The Morgan fingerprint density at radius 3 is 2.83 bits per heavy atom. The summed E-state index contributed by atoms with van der Waals surface area (Å²) < 4.78 is 0. The van der Waals surface area contributed by atoms with Gasteiger partial charge in [-0.3, -0.25) is 4.79 Å². The fraction of sp³-hybridized carbons (Fsp3) is 0.500. The zero-order chi connectivity index (χ0) is 16.4. The second-order valence-corrected chi connectivity index (χ2v) is 6.14. The molecule has 5 heteroatoms. The summed E-state index contributed by atoms with van der Waals surface area (Å²) >= 11 is 0. The summed E-state index contributed by atoms with van der Waals surface area (Å²) in [5, 5.41) is 3.09. The molecule has 1 N–H and O–H groups in total. The Balaban J connectivity index is 2.13. The van der Waals surface area contributed by atoms with Crippen LogP contribution in [0.25, 0.3) is 0 Å². The molecule has 2 heterocycles. The Kier molecular flexibility index (Phi) is 4.46. The van der Waals surface area contributed by atoms with Gasteiger partial charge in [-0.05, 0) is 50.5 Å². The standard InChI is InChI=1S/C18H24N4O/c1-4-6-7-12-10-11-20-17-15(12)21-18(23)14(5-2)16(19-3)22(17)13-8-9-13/h10-11,13H,3-9H2,1-2H3,(H,21,23). The lowest BCUT2D eigenvalue weighted by Gasteiger charge is -2.25. The topological polar surface area (TPSA) is 57.6 Å². The molecule has 1 aromatic heterocycles. The molecule has 1 aliphatic heterocycles. The van der Waals surface area contributed by atoms with Crippen molar-refractivity contribution < 1.29 is 4.79 Å². The monoisotopic (exact) mass is 312 g/mol.